The van der Waals surface area contributed by atoms with Gasteiger partial charge in [-0.1, -0.05) is 90.4 Å². The molecule has 2 aliphatic rings. The smallest absolute Gasteiger partial charge is 0.0701 e. The van der Waals surface area contributed by atoms with Crippen molar-refractivity contribution in [3.8, 4) is 0 Å². The Bertz CT molecular complexity index is 229. The van der Waals surface area contributed by atoms with Crippen LogP contribution in [0.3, 0.4) is 0 Å². The fourth-order valence-corrected chi connectivity index (χ4v) is 3.40. The standard InChI is InChI=1S/C18H36O.C2H4O/c1-2-3-4-5-6-7-8-9-10-12-15-18(19)16-13-11-14-17-18;1-2-3-1/h19H,2-17H2,1H3;1-2H2. The average Bonchev–Trinajstić information content (AvgIpc) is 3.38. The van der Waals surface area contributed by atoms with Crippen LogP contribution in [0, 0.1) is 0 Å². The van der Waals surface area contributed by atoms with E-state index in [0.29, 0.717) is 0 Å². The van der Waals surface area contributed by atoms with Crippen molar-refractivity contribution in [2.75, 3.05) is 13.2 Å². The second-order valence-corrected chi connectivity index (χ2v) is 7.33. The molecule has 1 aliphatic heterocycles. The molecular formula is C20H40O2. The third-order valence-corrected chi connectivity index (χ3v) is 4.98. The van der Waals surface area contributed by atoms with E-state index in [9.17, 15) is 5.11 Å². The molecule has 0 spiro atoms. The van der Waals surface area contributed by atoms with E-state index in [1.807, 2.05) is 0 Å². The minimum atomic E-state index is -0.279. The second kappa shape index (κ2) is 13.4. The average molecular weight is 313 g/mol. The molecule has 0 aromatic heterocycles. The number of aliphatic hydroxyl groups is 1. The van der Waals surface area contributed by atoms with Crippen LogP contribution in [0.4, 0.5) is 0 Å². The van der Waals surface area contributed by atoms with Gasteiger partial charge in [0.2, 0.25) is 0 Å². The first kappa shape index (κ1) is 20.0. The first-order valence-electron chi connectivity index (χ1n) is 10.1. The quantitative estimate of drug-likeness (QED) is 0.374. The van der Waals surface area contributed by atoms with Crippen LogP contribution in [-0.2, 0) is 4.74 Å². The van der Waals surface area contributed by atoms with Gasteiger partial charge in [0, 0.05) is 0 Å². The van der Waals surface area contributed by atoms with Gasteiger partial charge in [-0.25, -0.2) is 0 Å². The van der Waals surface area contributed by atoms with E-state index in [1.165, 1.54) is 83.5 Å². The van der Waals surface area contributed by atoms with Gasteiger partial charge in [-0.2, -0.15) is 0 Å². The Morgan fingerprint density at radius 3 is 1.64 bits per heavy atom. The highest BCUT2D eigenvalue weighted by molar-refractivity contribution is 4.81. The Balaban J connectivity index is 0.000000714. The molecule has 2 fully saturated rings. The molecule has 132 valence electrons. The van der Waals surface area contributed by atoms with Crippen LogP contribution in [0.25, 0.3) is 0 Å². The van der Waals surface area contributed by atoms with Crippen molar-refractivity contribution in [3.63, 3.8) is 0 Å². The molecule has 0 atom stereocenters. The fraction of sp³-hybridized carbons (Fsp3) is 1.00. The summed E-state index contributed by atoms with van der Waals surface area (Å²) in [6.07, 6.45) is 20.9. The maximum Gasteiger partial charge on any atom is 0.0701 e. The topological polar surface area (TPSA) is 32.8 Å². The van der Waals surface area contributed by atoms with Crippen molar-refractivity contribution in [1.82, 2.24) is 0 Å². The lowest BCUT2D eigenvalue weighted by molar-refractivity contribution is -0.00587. The molecule has 0 radical (unpaired) electrons. The minimum Gasteiger partial charge on any atom is -0.390 e. The highest BCUT2D eigenvalue weighted by Crippen LogP contribution is 2.32. The van der Waals surface area contributed by atoms with Crippen LogP contribution in [0.15, 0.2) is 0 Å². The molecule has 0 aromatic rings. The summed E-state index contributed by atoms with van der Waals surface area (Å²) in [6, 6.07) is 0. The molecule has 1 aliphatic carbocycles. The largest absolute Gasteiger partial charge is 0.390 e. The second-order valence-electron chi connectivity index (χ2n) is 7.33. The fourth-order valence-electron chi connectivity index (χ4n) is 3.40. The van der Waals surface area contributed by atoms with Crippen molar-refractivity contribution < 1.29 is 9.84 Å². The lowest BCUT2D eigenvalue weighted by Gasteiger charge is -2.32. The summed E-state index contributed by atoms with van der Waals surface area (Å²) in [7, 11) is 0. The summed E-state index contributed by atoms with van der Waals surface area (Å²) in [6.45, 7) is 4.28. The third-order valence-electron chi connectivity index (χ3n) is 4.98. The maximum absolute atomic E-state index is 10.4. The highest BCUT2D eigenvalue weighted by atomic mass is 16.6. The van der Waals surface area contributed by atoms with E-state index in [1.54, 1.807) is 0 Å². The highest BCUT2D eigenvalue weighted by Gasteiger charge is 2.27. The van der Waals surface area contributed by atoms with Crippen LogP contribution in [-0.4, -0.2) is 23.9 Å². The summed E-state index contributed by atoms with van der Waals surface area (Å²) >= 11 is 0. The summed E-state index contributed by atoms with van der Waals surface area (Å²) in [4.78, 5) is 0. The number of hydrogen-bond donors (Lipinski definition) is 1. The SMILES string of the molecule is C1CO1.CCCCCCCCCCCCC1(O)CCCCC1. The van der Waals surface area contributed by atoms with Crippen molar-refractivity contribution in [2.24, 2.45) is 0 Å². The molecule has 1 N–H and O–H groups in total. The van der Waals surface area contributed by atoms with E-state index in [0.717, 1.165) is 32.5 Å². The Kier molecular flexibility index (Phi) is 12.1. The van der Waals surface area contributed by atoms with Gasteiger partial charge >= 0.3 is 0 Å². The van der Waals surface area contributed by atoms with Crippen molar-refractivity contribution in [2.45, 2.75) is 115 Å². The van der Waals surface area contributed by atoms with Crippen molar-refractivity contribution in [3.05, 3.63) is 0 Å². The van der Waals surface area contributed by atoms with E-state index >= 15 is 0 Å². The number of unbranched alkanes of at least 4 members (excludes halogenated alkanes) is 9. The van der Waals surface area contributed by atoms with Gasteiger partial charge in [0.1, 0.15) is 0 Å². The molecule has 2 rings (SSSR count). The summed E-state index contributed by atoms with van der Waals surface area (Å²) in [5.74, 6) is 0. The van der Waals surface area contributed by atoms with Crippen molar-refractivity contribution in [1.29, 1.82) is 0 Å². The number of epoxide rings is 1. The molecule has 1 saturated heterocycles. The molecule has 1 heterocycles. The minimum absolute atomic E-state index is 0.279. The van der Waals surface area contributed by atoms with Gasteiger partial charge in [-0.05, 0) is 19.3 Å². The van der Waals surface area contributed by atoms with Crippen molar-refractivity contribution >= 4 is 0 Å². The summed E-state index contributed by atoms with van der Waals surface area (Å²) in [5, 5.41) is 10.4. The molecule has 0 amide bonds. The summed E-state index contributed by atoms with van der Waals surface area (Å²) < 4.78 is 4.50. The van der Waals surface area contributed by atoms with Gasteiger partial charge in [-0.15, -0.1) is 0 Å². The number of ether oxygens (including phenoxy) is 1. The lowest BCUT2D eigenvalue weighted by Crippen LogP contribution is -2.30. The molecule has 1 saturated carbocycles. The molecule has 0 aromatic carbocycles. The van der Waals surface area contributed by atoms with Gasteiger partial charge in [0.15, 0.2) is 0 Å². The summed E-state index contributed by atoms with van der Waals surface area (Å²) in [5.41, 5.74) is -0.279. The Morgan fingerprint density at radius 2 is 1.18 bits per heavy atom. The number of hydrogen-bond acceptors (Lipinski definition) is 2. The van der Waals surface area contributed by atoms with Crippen LogP contribution in [0.2, 0.25) is 0 Å². The van der Waals surface area contributed by atoms with Crippen LogP contribution < -0.4 is 0 Å². The predicted octanol–water partition coefficient (Wildman–Crippen LogP) is 6.01. The first-order chi connectivity index (χ1) is 10.8. The normalized spacial score (nSPS) is 19.4. The van der Waals surface area contributed by atoms with E-state index in [2.05, 4.69) is 11.7 Å². The Hall–Kier alpha value is -0.0800. The zero-order valence-electron chi connectivity index (χ0n) is 15.1. The van der Waals surface area contributed by atoms with Gasteiger partial charge < -0.3 is 9.84 Å². The Labute approximate surface area is 139 Å². The molecular weight excluding hydrogens is 272 g/mol. The zero-order valence-corrected chi connectivity index (χ0v) is 15.1. The predicted molar refractivity (Wildman–Crippen MR) is 95.3 cm³/mol. The molecule has 0 unspecified atom stereocenters. The van der Waals surface area contributed by atoms with Gasteiger partial charge in [-0.3, -0.25) is 0 Å². The third kappa shape index (κ3) is 12.5. The lowest BCUT2D eigenvalue weighted by atomic mass is 9.81. The zero-order chi connectivity index (χ0) is 15.9. The van der Waals surface area contributed by atoms with Gasteiger partial charge in [0.25, 0.3) is 0 Å². The number of rotatable bonds is 11. The molecule has 0 bridgehead atoms. The molecule has 2 nitrogen and oxygen atoms in total. The Morgan fingerprint density at radius 1 is 0.727 bits per heavy atom. The van der Waals surface area contributed by atoms with E-state index in [4.69, 9.17) is 0 Å². The first-order valence-corrected chi connectivity index (χ1v) is 10.1. The monoisotopic (exact) mass is 312 g/mol. The van der Waals surface area contributed by atoms with E-state index < -0.39 is 0 Å². The van der Waals surface area contributed by atoms with Crippen LogP contribution in [0.5, 0.6) is 0 Å². The van der Waals surface area contributed by atoms with E-state index in [-0.39, 0.29) is 5.60 Å². The molecule has 22 heavy (non-hydrogen) atoms. The van der Waals surface area contributed by atoms with Gasteiger partial charge in [0.05, 0.1) is 18.8 Å². The maximum atomic E-state index is 10.4. The van der Waals surface area contributed by atoms with Crippen LogP contribution in [0.1, 0.15) is 110 Å². The van der Waals surface area contributed by atoms with Crippen LogP contribution >= 0.6 is 0 Å². The molecule has 2 heteroatoms.